The first-order valence-electron chi connectivity index (χ1n) is 13.8. The Morgan fingerprint density at radius 2 is 1.60 bits per heavy atom. The molecule has 3 aliphatic heterocycles. The fourth-order valence-electron chi connectivity index (χ4n) is 6.04. The van der Waals surface area contributed by atoms with E-state index in [1.165, 1.54) is 4.90 Å². The first-order chi connectivity index (χ1) is 19.3. The number of nitrogens with zero attached hydrogens (tertiary/aromatic N) is 5. The molecule has 0 radical (unpaired) electrons. The number of likely N-dealkylation sites (tertiary alicyclic amines) is 2. The number of piperidine rings is 2. The van der Waals surface area contributed by atoms with Gasteiger partial charge in [0.1, 0.15) is 10.8 Å². The van der Waals surface area contributed by atoms with Gasteiger partial charge in [0.05, 0.1) is 30.6 Å². The normalized spacial score (nSPS) is 20.7. The molecule has 0 bridgehead atoms. The number of halogens is 3. The van der Waals surface area contributed by atoms with Crippen LogP contribution in [0.4, 0.5) is 8.78 Å². The molecule has 212 valence electrons. The van der Waals surface area contributed by atoms with Crippen molar-refractivity contribution in [2.45, 2.75) is 37.6 Å². The molecule has 1 aromatic carbocycles. The number of aromatic nitrogens is 2. The Bertz CT molecular complexity index is 1390. The van der Waals surface area contributed by atoms with E-state index in [4.69, 9.17) is 16.3 Å². The first-order valence-corrected chi connectivity index (χ1v) is 14.2. The van der Waals surface area contributed by atoms with Crippen molar-refractivity contribution in [3.63, 3.8) is 0 Å². The Hall–Kier alpha value is -3.08. The molecule has 8 nitrogen and oxygen atoms in total. The molecule has 3 aliphatic rings. The molecular formula is C29H32ClF2N5O3. The summed E-state index contributed by atoms with van der Waals surface area (Å²) in [4.78, 5) is 37.1. The molecule has 6 rings (SSSR count). The molecule has 3 saturated heterocycles. The summed E-state index contributed by atoms with van der Waals surface area (Å²) >= 11 is 6.01. The average molecular weight is 572 g/mol. The summed E-state index contributed by atoms with van der Waals surface area (Å²) in [6.45, 7) is 4.76. The number of ether oxygens (including phenoxy) is 1. The summed E-state index contributed by atoms with van der Waals surface area (Å²) in [7, 11) is 0. The van der Waals surface area contributed by atoms with E-state index >= 15 is 0 Å². The third-order valence-corrected chi connectivity index (χ3v) is 8.56. The van der Waals surface area contributed by atoms with Crippen molar-refractivity contribution < 1.29 is 23.1 Å². The number of hydrogen-bond donors (Lipinski definition) is 0. The van der Waals surface area contributed by atoms with Crippen LogP contribution in [0.2, 0.25) is 5.15 Å². The van der Waals surface area contributed by atoms with Gasteiger partial charge in [-0.05, 0) is 49.2 Å². The number of pyridine rings is 1. The summed E-state index contributed by atoms with van der Waals surface area (Å²) in [5.41, 5.74) is 2.23. The largest absolute Gasteiger partial charge is 0.379 e. The van der Waals surface area contributed by atoms with E-state index in [9.17, 15) is 18.4 Å². The number of hydrogen-bond acceptors (Lipinski definition) is 5. The molecule has 0 N–H and O–H groups in total. The average Bonchev–Trinajstić information content (AvgIpc) is 3.36. The monoisotopic (exact) mass is 571 g/mol. The fraction of sp³-hybridized carbons (Fsp3) is 0.483. The van der Waals surface area contributed by atoms with Crippen LogP contribution in [0, 0.1) is 0 Å². The predicted molar refractivity (Wildman–Crippen MR) is 147 cm³/mol. The number of amides is 2. The van der Waals surface area contributed by atoms with Crippen LogP contribution in [-0.4, -0.2) is 101 Å². The molecule has 0 atom stereocenters. The highest BCUT2D eigenvalue weighted by atomic mass is 35.5. The number of morpholine rings is 1. The zero-order valence-corrected chi connectivity index (χ0v) is 23.0. The van der Waals surface area contributed by atoms with Crippen molar-refractivity contribution in [1.82, 2.24) is 24.3 Å². The summed E-state index contributed by atoms with van der Waals surface area (Å²) in [6, 6.07) is 11.0. The maximum Gasteiger partial charge on any atom is 0.270 e. The van der Waals surface area contributed by atoms with Crippen molar-refractivity contribution in [3.05, 3.63) is 59.0 Å². The van der Waals surface area contributed by atoms with Gasteiger partial charge in [-0.1, -0.05) is 11.6 Å². The SMILES string of the molecule is O=C(c1ccc2c(c1)cc(C(=O)N1CCC(F)(F)CC1)n2-c1ccc(Cl)nc1)N1CCC(N2CCOCC2)CC1. The van der Waals surface area contributed by atoms with E-state index < -0.39 is 5.92 Å². The molecule has 3 aromatic rings. The zero-order valence-electron chi connectivity index (χ0n) is 22.2. The maximum absolute atomic E-state index is 13.8. The van der Waals surface area contributed by atoms with Crippen molar-refractivity contribution in [3.8, 4) is 5.69 Å². The zero-order chi connectivity index (χ0) is 27.9. The second-order valence-electron chi connectivity index (χ2n) is 10.8. The van der Waals surface area contributed by atoms with Crippen molar-refractivity contribution in [1.29, 1.82) is 0 Å². The number of carbonyl (C=O) groups is 2. The topological polar surface area (TPSA) is 70.9 Å². The first kappa shape index (κ1) is 27.1. The Kier molecular flexibility index (Phi) is 7.50. The van der Waals surface area contributed by atoms with Crippen molar-refractivity contribution in [2.75, 3.05) is 52.5 Å². The van der Waals surface area contributed by atoms with E-state index in [2.05, 4.69) is 9.88 Å². The summed E-state index contributed by atoms with van der Waals surface area (Å²) in [6.07, 6.45) is 2.72. The van der Waals surface area contributed by atoms with Crippen molar-refractivity contribution in [2.24, 2.45) is 0 Å². The molecule has 40 heavy (non-hydrogen) atoms. The Balaban J connectivity index is 1.27. The van der Waals surface area contributed by atoms with E-state index in [1.807, 2.05) is 17.0 Å². The van der Waals surface area contributed by atoms with Crippen LogP contribution in [0.3, 0.4) is 0 Å². The molecule has 5 heterocycles. The summed E-state index contributed by atoms with van der Waals surface area (Å²) < 4.78 is 34.8. The van der Waals surface area contributed by atoms with E-state index in [-0.39, 0.29) is 37.7 Å². The highest BCUT2D eigenvalue weighted by molar-refractivity contribution is 6.29. The lowest BCUT2D eigenvalue weighted by Crippen LogP contribution is -2.50. The van der Waals surface area contributed by atoms with Gasteiger partial charge in [0, 0.05) is 69.1 Å². The molecule has 0 aliphatic carbocycles. The standard InChI is InChI=1S/C29H32ClF2N5O3/c30-26-4-2-23(19-33-26)37-24-3-1-20(27(38)35-9-5-22(6-10-35)34-13-15-40-16-14-34)17-21(24)18-25(37)28(39)36-11-7-29(31,32)8-12-36/h1-4,17-19,22H,5-16H2. The highest BCUT2D eigenvalue weighted by Crippen LogP contribution is 2.31. The minimum absolute atomic E-state index is 0.0175. The molecule has 0 spiro atoms. The lowest BCUT2D eigenvalue weighted by atomic mass is 10.0. The second kappa shape index (κ2) is 11.1. The molecule has 3 fully saturated rings. The van der Waals surface area contributed by atoms with E-state index in [0.717, 1.165) is 50.0 Å². The van der Waals surface area contributed by atoms with E-state index in [1.54, 1.807) is 35.0 Å². The van der Waals surface area contributed by atoms with Gasteiger partial charge in [-0.3, -0.25) is 14.5 Å². The maximum atomic E-state index is 13.8. The number of carbonyl (C=O) groups excluding carboxylic acids is 2. The molecule has 0 saturated carbocycles. The summed E-state index contributed by atoms with van der Waals surface area (Å²) in [5, 5.41) is 1.03. The minimum atomic E-state index is -2.75. The van der Waals surface area contributed by atoms with Gasteiger partial charge < -0.3 is 19.1 Å². The molecular weight excluding hydrogens is 540 g/mol. The molecule has 2 amide bonds. The Morgan fingerprint density at radius 1 is 0.900 bits per heavy atom. The van der Waals surface area contributed by atoms with E-state index in [0.29, 0.717) is 41.2 Å². The lowest BCUT2D eigenvalue weighted by molar-refractivity contribution is -0.0495. The number of benzene rings is 1. The van der Waals surface area contributed by atoms with Crippen LogP contribution in [0.15, 0.2) is 42.6 Å². The Morgan fingerprint density at radius 3 is 2.27 bits per heavy atom. The fourth-order valence-corrected chi connectivity index (χ4v) is 6.15. The second-order valence-corrected chi connectivity index (χ2v) is 11.2. The van der Waals surface area contributed by atoms with Crippen LogP contribution >= 0.6 is 11.6 Å². The third kappa shape index (κ3) is 5.44. The third-order valence-electron chi connectivity index (χ3n) is 8.33. The van der Waals surface area contributed by atoms with Crippen LogP contribution in [-0.2, 0) is 4.74 Å². The number of rotatable bonds is 4. The van der Waals surface area contributed by atoms with Gasteiger partial charge >= 0.3 is 0 Å². The van der Waals surface area contributed by atoms with Crippen LogP contribution < -0.4 is 0 Å². The van der Waals surface area contributed by atoms with Gasteiger partial charge in [-0.2, -0.15) is 0 Å². The van der Waals surface area contributed by atoms with Crippen LogP contribution in [0.25, 0.3) is 16.6 Å². The van der Waals surface area contributed by atoms with Gasteiger partial charge in [-0.25, -0.2) is 13.8 Å². The molecule has 11 heteroatoms. The number of fused-ring (bicyclic) bond motifs is 1. The molecule has 2 aromatic heterocycles. The lowest BCUT2D eigenvalue weighted by Gasteiger charge is -2.40. The van der Waals surface area contributed by atoms with Crippen LogP contribution in [0.5, 0.6) is 0 Å². The van der Waals surface area contributed by atoms with Gasteiger partial charge in [0.15, 0.2) is 0 Å². The number of alkyl halides is 2. The molecule has 0 unspecified atom stereocenters. The van der Waals surface area contributed by atoms with Gasteiger partial charge in [-0.15, -0.1) is 0 Å². The summed E-state index contributed by atoms with van der Waals surface area (Å²) in [5.74, 6) is -3.12. The van der Waals surface area contributed by atoms with Gasteiger partial charge in [0.25, 0.3) is 17.7 Å². The van der Waals surface area contributed by atoms with Crippen molar-refractivity contribution >= 4 is 34.3 Å². The van der Waals surface area contributed by atoms with Gasteiger partial charge in [0.2, 0.25) is 0 Å². The predicted octanol–water partition coefficient (Wildman–Crippen LogP) is 4.49. The smallest absolute Gasteiger partial charge is 0.270 e. The minimum Gasteiger partial charge on any atom is -0.379 e. The van der Waals surface area contributed by atoms with Crippen LogP contribution in [0.1, 0.15) is 46.5 Å². The Labute approximate surface area is 236 Å². The quantitative estimate of drug-likeness (QED) is 0.432. The highest BCUT2D eigenvalue weighted by Gasteiger charge is 2.37.